The van der Waals surface area contributed by atoms with Gasteiger partial charge in [-0.1, -0.05) is 36.0 Å². The molecule has 1 atom stereocenters. The van der Waals surface area contributed by atoms with Gasteiger partial charge in [0, 0.05) is 13.6 Å². The van der Waals surface area contributed by atoms with Gasteiger partial charge < -0.3 is 14.6 Å². The highest BCUT2D eigenvalue weighted by Gasteiger charge is 2.32. The number of aliphatic carboxylic acids is 1. The Morgan fingerprint density at radius 1 is 1.30 bits per heavy atom. The molecule has 0 saturated carbocycles. The Labute approximate surface area is 127 Å². The van der Waals surface area contributed by atoms with E-state index in [1.165, 1.54) is 15.5 Å². The largest absolute Gasteiger partial charge is 0.480 e. The van der Waals surface area contributed by atoms with Crippen molar-refractivity contribution in [2.45, 2.75) is 31.7 Å². The van der Waals surface area contributed by atoms with E-state index >= 15 is 0 Å². The highest BCUT2D eigenvalue weighted by Crippen LogP contribution is 2.27. The van der Waals surface area contributed by atoms with Crippen LogP contribution in [0.25, 0.3) is 0 Å². The van der Waals surface area contributed by atoms with E-state index in [4.69, 9.17) is 23.2 Å². The number of carbonyl (C=O) groups excluding carboxylic acids is 1. The molecule has 7 heteroatoms. The molecular formula is C13H16Cl2N2O3. The van der Waals surface area contributed by atoms with Gasteiger partial charge in [0.25, 0.3) is 5.91 Å². The summed E-state index contributed by atoms with van der Waals surface area (Å²) in [5.74, 6) is -1.30. The lowest BCUT2D eigenvalue weighted by Crippen LogP contribution is -2.45. The Morgan fingerprint density at radius 3 is 2.55 bits per heavy atom. The molecule has 0 aliphatic carbocycles. The van der Waals surface area contributed by atoms with Gasteiger partial charge in [0.05, 0.1) is 5.02 Å². The predicted molar refractivity (Wildman–Crippen MR) is 76.4 cm³/mol. The van der Waals surface area contributed by atoms with E-state index < -0.39 is 12.0 Å². The van der Waals surface area contributed by atoms with Crippen LogP contribution in [0.3, 0.4) is 0 Å². The van der Waals surface area contributed by atoms with Crippen LogP contribution in [-0.2, 0) is 11.8 Å². The standard InChI is InChI=1S/C13H16Cl2N2O3/c1-16-10(7-8(14)11(16)15)12(18)17-6-4-2-3-5-9(17)13(19)20/h7,9H,2-6H2,1H3,(H,19,20). The summed E-state index contributed by atoms with van der Waals surface area (Å²) in [6, 6.07) is 0.702. The van der Waals surface area contributed by atoms with Gasteiger partial charge >= 0.3 is 5.97 Å². The third-order valence-electron chi connectivity index (χ3n) is 3.63. The molecule has 1 N–H and O–H groups in total. The molecule has 1 aliphatic heterocycles. The molecule has 1 aliphatic rings. The van der Waals surface area contributed by atoms with Crippen molar-refractivity contribution in [1.29, 1.82) is 0 Å². The van der Waals surface area contributed by atoms with Crippen molar-refractivity contribution in [3.63, 3.8) is 0 Å². The zero-order chi connectivity index (χ0) is 14.9. The number of carboxylic acid groups (broad SMARTS) is 1. The van der Waals surface area contributed by atoms with Crippen LogP contribution in [0.4, 0.5) is 0 Å². The molecule has 0 aromatic carbocycles. The minimum atomic E-state index is -0.966. The van der Waals surface area contributed by atoms with Crippen LogP contribution in [0.2, 0.25) is 10.2 Å². The summed E-state index contributed by atoms with van der Waals surface area (Å²) in [5, 5.41) is 9.87. The maximum Gasteiger partial charge on any atom is 0.326 e. The molecule has 20 heavy (non-hydrogen) atoms. The molecule has 110 valence electrons. The molecule has 1 unspecified atom stereocenters. The van der Waals surface area contributed by atoms with Gasteiger partial charge in [0.1, 0.15) is 16.9 Å². The first-order valence-electron chi connectivity index (χ1n) is 6.48. The molecule has 5 nitrogen and oxygen atoms in total. The molecule has 2 heterocycles. The van der Waals surface area contributed by atoms with E-state index in [9.17, 15) is 14.7 Å². The number of rotatable bonds is 2. The molecule has 1 aromatic heterocycles. The molecule has 1 saturated heterocycles. The first kappa shape index (κ1) is 15.2. The number of hydrogen-bond donors (Lipinski definition) is 1. The maximum atomic E-state index is 12.6. The fourth-order valence-corrected chi connectivity index (χ4v) is 2.88. The van der Waals surface area contributed by atoms with Crippen LogP contribution in [0.15, 0.2) is 6.07 Å². The van der Waals surface area contributed by atoms with E-state index in [1.54, 1.807) is 7.05 Å². The lowest BCUT2D eigenvalue weighted by Gasteiger charge is -2.27. The summed E-state index contributed by atoms with van der Waals surface area (Å²) in [7, 11) is 1.63. The summed E-state index contributed by atoms with van der Waals surface area (Å²) < 4.78 is 1.48. The van der Waals surface area contributed by atoms with E-state index in [-0.39, 0.29) is 11.1 Å². The van der Waals surface area contributed by atoms with E-state index in [0.29, 0.717) is 23.7 Å². The van der Waals surface area contributed by atoms with E-state index in [1.807, 2.05) is 0 Å². The predicted octanol–water partition coefficient (Wildman–Crippen LogP) is 2.80. The SMILES string of the molecule is Cn1c(C(=O)N2CCCCCC2C(=O)O)cc(Cl)c1Cl. The zero-order valence-electron chi connectivity index (χ0n) is 11.1. The summed E-state index contributed by atoms with van der Waals surface area (Å²) in [5.41, 5.74) is 0.313. The fourth-order valence-electron chi connectivity index (χ4n) is 2.50. The maximum absolute atomic E-state index is 12.6. The van der Waals surface area contributed by atoms with Crippen molar-refractivity contribution in [2.75, 3.05) is 6.54 Å². The molecule has 2 rings (SSSR count). The van der Waals surface area contributed by atoms with Crippen molar-refractivity contribution in [1.82, 2.24) is 9.47 Å². The van der Waals surface area contributed by atoms with Gasteiger partial charge in [-0.05, 0) is 18.9 Å². The monoisotopic (exact) mass is 318 g/mol. The molecule has 1 fully saturated rings. The molecule has 0 spiro atoms. The molecule has 1 amide bonds. The second-order valence-corrected chi connectivity index (χ2v) is 5.69. The molecule has 0 bridgehead atoms. The third kappa shape index (κ3) is 2.79. The van der Waals surface area contributed by atoms with Crippen molar-refractivity contribution in [2.24, 2.45) is 7.05 Å². The van der Waals surface area contributed by atoms with Crippen LogP contribution >= 0.6 is 23.2 Å². The summed E-state index contributed by atoms with van der Waals surface area (Å²) in [6.07, 6.45) is 3.03. The van der Waals surface area contributed by atoms with Gasteiger partial charge in [-0.15, -0.1) is 0 Å². The Bertz CT molecular complexity index is 542. The molecule has 1 aromatic rings. The van der Waals surface area contributed by atoms with Gasteiger partial charge in [0.2, 0.25) is 0 Å². The molecular weight excluding hydrogens is 303 g/mol. The van der Waals surface area contributed by atoms with Crippen LogP contribution < -0.4 is 0 Å². The highest BCUT2D eigenvalue weighted by atomic mass is 35.5. The van der Waals surface area contributed by atoms with Crippen LogP contribution in [0, 0.1) is 0 Å². The normalized spacial score (nSPS) is 19.8. The summed E-state index contributed by atoms with van der Waals surface area (Å²) in [6.45, 7) is 0.441. The first-order valence-corrected chi connectivity index (χ1v) is 7.23. The smallest absolute Gasteiger partial charge is 0.326 e. The van der Waals surface area contributed by atoms with Crippen LogP contribution in [0.5, 0.6) is 0 Å². The Kier molecular flexibility index (Phi) is 4.60. The number of likely N-dealkylation sites (tertiary alicyclic amines) is 1. The minimum absolute atomic E-state index is 0.275. The summed E-state index contributed by atoms with van der Waals surface area (Å²) >= 11 is 11.9. The number of amides is 1. The Hall–Kier alpha value is -1.20. The van der Waals surface area contributed by atoms with Gasteiger partial charge in [0.15, 0.2) is 0 Å². The van der Waals surface area contributed by atoms with Crippen molar-refractivity contribution in [3.05, 3.63) is 21.9 Å². The molecule has 0 radical (unpaired) electrons. The number of carboxylic acids is 1. The van der Waals surface area contributed by atoms with Gasteiger partial charge in [-0.25, -0.2) is 4.79 Å². The lowest BCUT2D eigenvalue weighted by atomic mass is 10.1. The third-order valence-corrected chi connectivity index (χ3v) is 4.48. The van der Waals surface area contributed by atoms with E-state index in [0.717, 1.165) is 19.3 Å². The van der Waals surface area contributed by atoms with Crippen molar-refractivity contribution < 1.29 is 14.7 Å². The first-order chi connectivity index (χ1) is 9.43. The second kappa shape index (κ2) is 6.06. The van der Waals surface area contributed by atoms with Crippen molar-refractivity contribution >= 4 is 35.1 Å². The highest BCUT2D eigenvalue weighted by molar-refractivity contribution is 6.41. The number of aromatic nitrogens is 1. The fraction of sp³-hybridized carbons (Fsp3) is 0.538. The topological polar surface area (TPSA) is 62.5 Å². The summed E-state index contributed by atoms with van der Waals surface area (Å²) in [4.78, 5) is 25.3. The van der Waals surface area contributed by atoms with Crippen LogP contribution in [0.1, 0.15) is 36.2 Å². The quantitative estimate of drug-likeness (QED) is 0.912. The van der Waals surface area contributed by atoms with E-state index in [2.05, 4.69) is 0 Å². The number of carbonyl (C=O) groups is 2. The van der Waals surface area contributed by atoms with Crippen molar-refractivity contribution in [3.8, 4) is 0 Å². The average molecular weight is 319 g/mol. The zero-order valence-corrected chi connectivity index (χ0v) is 12.6. The number of hydrogen-bond acceptors (Lipinski definition) is 2. The Balaban J connectivity index is 2.33. The van der Waals surface area contributed by atoms with Gasteiger partial charge in [-0.3, -0.25) is 4.79 Å². The second-order valence-electron chi connectivity index (χ2n) is 4.93. The minimum Gasteiger partial charge on any atom is -0.480 e. The lowest BCUT2D eigenvalue weighted by molar-refractivity contribution is -0.142. The van der Waals surface area contributed by atoms with Gasteiger partial charge in [-0.2, -0.15) is 0 Å². The number of nitrogens with zero attached hydrogens (tertiary/aromatic N) is 2. The van der Waals surface area contributed by atoms with Crippen LogP contribution in [-0.4, -0.2) is 39.0 Å². The average Bonchev–Trinajstić information content (AvgIpc) is 2.64. The number of halogens is 2. The Morgan fingerprint density at radius 2 is 2.00 bits per heavy atom.